The van der Waals surface area contributed by atoms with E-state index in [9.17, 15) is 4.79 Å². The van der Waals surface area contributed by atoms with Gasteiger partial charge in [0.2, 0.25) is 5.91 Å². The predicted octanol–water partition coefficient (Wildman–Crippen LogP) is 0.972. The molecule has 1 amide bonds. The highest BCUT2D eigenvalue weighted by atomic mass is 16.5. The van der Waals surface area contributed by atoms with E-state index in [0.717, 1.165) is 5.56 Å². The maximum absolute atomic E-state index is 10.7. The molecule has 0 fully saturated rings. The van der Waals surface area contributed by atoms with Crippen molar-refractivity contribution in [3.63, 3.8) is 0 Å². The Morgan fingerprint density at radius 3 is 2.64 bits per heavy atom. The van der Waals surface area contributed by atoms with E-state index < -0.39 is 5.91 Å². The molecule has 0 aromatic heterocycles. The van der Waals surface area contributed by atoms with Crippen molar-refractivity contribution in [2.45, 2.75) is 18.9 Å². The number of hydrogen-bond acceptors (Lipinski definition) is 3. The average molecular weight is 194 g/mol. The summed E-state index contributed by atoms with van der Waals surface area (Å²) in [5, 5.41) is 8.28. The lowest BCUT2D eigenvalue weighted by Gasteiger charge is -2.10. The summed E-state index contributed by atoms with van der Waals surface area (Å²) in [7, 11) is 0. The van der Waals surface area contributed by atoms with E-state index in [4.69, 9.17) is 10.9 Å². The molecule has 1 unspecified atom stereocenters. The fraction of sp³-hybridized carbons (Fsp3) is 0.300. The third-order valence-corrected chi connectivity index (χ3v) is 2.03. The zero-order valence-electron chi connectivity index (χ0n) is 7.81. The van der Waals surface area contributed by atoms with Crippen molar-refractivity contribution >= 4 is 5.91 Å². The summed E-state index contributed by atoms with van der Waals surface area (Å²) in [5.74, 6) is -0.406. The minimum atomic E-state index is -0.406. The normalized spacial score (nSPS) is 12.1. The first kappa shape index (κ1) is 10.7. The molecule has 0 aliphatic heterocycles. The summed E-state index contributed by atoms with van der Waals surface area (Å²) in [5.41, 5.74) is 8.41. The van der Waals surface area contributed by atoms with Gasteiger partial charge in [0.25, 0.3) is 0 Å². The highest BCUT2D eigenvalue weighted by Crippen LogP contribution is 2.14. The molecular weight excluding hydrogens is 180 g/mol. The van der Waals surface area contributed by atoms with Gasteiger partial charge >= 0.3 is 0 Å². The van der Waals surface area contributed by atoms with Crippen molar-refractivity contribution < 1.29 is 10.0 Å². The molecule has 0 heterocycles. The molecule has 0 aliphatic carbocycles. The highest BCUT2D eigenvalue weighted by molar-refractivity contribution is 5.74. The Morgan fingerprint density at radius 1 is 1.43 bits per heavy atom. The topological polar surface area (TPSA) is 75.4 Å². The van der Waals surface area contributed by atoms with Crippen molar-refractivity contribution in [3.8, 4) is 0 Å². The van der Waals surface area contributed by atoms with Crippen molar-refractivity contribution in [2.75, 3.05) is 0 Å². The van der Waals surface area contributed by atoms with Gasteiger partial charge in [0.05, 0.1) is 0 Å². The number of nitrogens with two attached hydrogens (primary N) is 1. The van der Waals surface area contributed by atoms with Gasteiger partial charge in [-0.2, -0.15) is 0 Å². The van der Waals surface area contributed by atoms with Crippen LogP contribution in [0.15, 0.2) is 30.3 Å². The summed E-state index contributed by atoms with van der Waals surface area (Å²) < 4.78 is 0. The lowest BCUT2D eigenvalue weighted by atomic mass is 10.0. The van der Waals surface area contributed by atoms with Crippen LogP contribution in [0.4, 0.5) is 0 Å². The molecule has 0 saturated carbocycles. The molecular formula is C10H14N2O2. The Labute approximate surface area is 82.7 Å². The fourth-order valence-corrected chi connectivity index (χ4v) is 1.21. The molecule has 1 rings (SSSR count). The van der Waals surface area contributed by atoms with Gasteiger partial charge in [-0.3, -0.25) is 10.0 Å². The van der Waals surface area contributed by atoms with Crippen LogP contribution >= 0.6 is 0 Å². The van der Waals surface area contributed by atoms with Crippen LogP contribution < -0.4 is 11.2 Å². The SMILES string of the molecule is NC(CCC(=O)NO)c1ccccc1. The van der Waals surface area contributed by atoms with Gasteiger partial charge in [0, 0.05) is 12.5 Å². The largest absolute Gasteiger partial charge is 0.324 e. The summed E-state index contributed by atoms with van der Waals surface area (Å²) in [6.45, 7) is 0. The zero-order valence-corrected chi connectivity index (χ0v) is 7.81. The molecule has 4 N–H and O–H groups in total. The number of benzene rings is 1. The van der Waals surface area contributed by atoms with E-state index in [1.807, 2.05) is 30.3 Å². The smallest absolute Gasteiger partial charge is 0.243 e. The fourth-order valence-electron chi connectivity index (χ4n) is 1.21. The van der Waals surface area contributed by atoms with Gasteiger partial charge in [-0.1, -0.05) is 30.3 Å². The monoisotopic (exact) mass is 194 g/mol. The molecule has 0 saturated heterocycles. The number of hydroxylamine groups is 1. The van der Waals surface area contributed by atoms with Gasteiger partial charge in [0.1, 0.15) is 0 Å². The van der Waals surface area contributed by atoms with Crippen LogP contribution in [-0.2, 0) is 4.79 Å². The Kier molecular flexibility index (Phi) is 4.10. The lowest BCUT2D eigenvalue weighted by molar-refractivity contribution is -0.129. The molecule has 4 nitrogen and oxygen atoms in total. The number of amides is 1. The van der Waals surface area contributed by atoms with Crippen molar-refractivity contribution in [1.29, 1.82) is 0 Å². The van der Waals surface area contributed by atoms with Crippen LogP contribution in [0, 0.1) is 0 Å². The summed E-state index contributed by atoms with van der Waals surface area (Å²) in [4.78, 5) is 10.7. The van der Waals surface area contributed by atoms with Gasteiger partial charge in [-0.15, -0.1) is 0 Å². The Morgan fingerprint density at radius 2 is 2.07 bits per heavy atom. The molecule has 0 spiro atoms. The number of carbonyl (C=O) groups excluding carboxylic acids is 1. The van der Waals surface area contributed by atoms with Gasteiger partial charge in [0.15, 0.2) is 0 Å². The van der Waals surface area contributed by atoms with Crippen LogP contribution in [0.5, 0.6) is 0 Å². The highest BCUT2D eigenvalue weighted by Gasteiger charge is 2.07. The number of rotatable bonds is 4. The van der Waals surface area contributed by atoms with E-state index in [2.05, 4.69) is 0 Å². The third kappa shape index (κ3) is 3.16. The van der Waals surface area contributed by atoms with Gasteiger partial charge in [-0.25, -0.2) is 5.48 Å². The first-order valence-electron chi connectivity index (χ1n) is 4.47. The predicted molar refractivity (Wildman–Crippen MR) is 52.5 cm³/mol. The van der Waals surface area contributed by atoms with E-state index in [-0.39, 0.29) is 12.5 Å². The van der Waals surface area contributed by atoms with Crippen molar-refractivity contribution in [1.82, 2.24) is 5.48 Å². The standard InChI is InChI=1S/C10H14N2O2/c11-9(6-7-10(13)12-14)8-4-2-1-3-5-8/h1-5,9,14H,6-7,11H2,(H,12,13). The number of carbonyl (C=O) groups is 1. The maximum atomic E-state index is 10.7. The molecule has 0 aliphatic rings. The summed E-state index contributed by atoms with van der Waals surface area (Å²) in [6, 6.07) is 9.40. The Bertz CT molecular complexity index is 287. The third-order valence-electron chi connectivity index (χ3n) is 2.03. The van der Waals surface area contributed by atoms with E-state index in [1.165, 1.54) is 0 Å². The molecule has 1 aromatic rings. The van der Waals surface area contributed by atoms with Gasteiger partial charge in [-0.05, 0) is 12.0 Å². The van der Waals surface area contributed by atoms with E-state index in [1.54, 1.807) is 5.48 Å². The molecule has 1 aromatic carbocycles. The summed E-state index contributed by atoms with van der Waals surface area (Å²) in [6.07, 6.45) is 0.753. The van der Waals surface area contributed by atoms with Crippen LogP contribution in [0.3, 0.4) is 0 Å². The minimum absolute atomic E-state index is 0.159. The first-order valence-corrected chi connectivity index (χ1v) is 4.47. The second kappa shape index (κ2) is 5.36. The number of nitrogens with one attached hydrogen (secondary N) is 1. The van der Waals surface area contributed by atoms with Crippen LogP contribution in [0.25, 0.3) is 0 Å². The van der Waals surface area contributed by atoms with Crippen LogP contribution in [-0.4, -0.2) is 11.1 Å². The second-order valence-corrected chi connectivity index (χ2v) is 3.09. The van der Waals surface area contributed by atoms with Crippen LogP contribution in [0.1, 0.15) is 24.4 Å². The average Bonchev–Trinajstić information content (AvgIpc) is 2.26. The summed E-state index contributed by atoms with van der Waals surface area (Å²) >= 11 is 0. The number of hydrogen-bond donors (Lipinski definition) is 3. The van der Waals surface area contributed by atoms with Crippen LogP contribution in [0.2, 0.25) is 0 Å². The second-order valence-electron chi connectivity index (χ2n) is 3.09. The minimum Gasteiger partial charge on any atom is -0.324 e. The Balaban J connectivity index is 2.43. The molecule has 0 bridgehead atoms. The maximum Gasteiger partial charge on any atom is 0.243 e. The molecule has 76 valence electrons. The molecule has 0 radical (unpaired) electrons. The quantitative estimate of drug-likeness (QED) is 0.494. The molecule has 1 atom stereocenters. The van der Waals surface area contributed by atoms with Gasteiger partial charge < -0.3 is 5.73 Å². The van der Waals surface area contributed by atoms with Crippen molar-refractivity contribution in [2.24, 2.45) is 5.73 Å². The first-order chi connectivity index (χ1) is 6.74. The lowest BCUT2D eigenvalue weighted by Crippen LogP contribution is -2.20. The van der Waals surface area contributed by atoms with E-state index >= 15 is 0 Å². The zero-order chi connectivity index (χ0) is 10.4. The Hall–Kier alpha value is -1.39. The van der Waals surface area contributed by atoms with Crippen molar-refractivity contribution in [3.05, 3.63) is 35.9 Å². The molecule has 14 heavy (non-hydrogen) atoms. The molecule has 4 heteroatoms. The van der Waals surface area contributed by atoms with E-state index in [0.29, 0.717) is 6.42 Å².